The number of ether oxygens (including phenoxy) is 2. The van der Waals surface area contributed by atoms with Crippen molar-refractivity contribution in [2.75, 3.05) is 0 Å². The smallest absolute Gasteiger partial charge is 0.375 e. The lowest BCUT2D eigenvalue weighted by molar-refractivity contribution is -0.234. The predicted molar refractivity (Wildman–Crippen MR) is 114 cm³/mol. The van der Waals surface area contributed by atoms with Crippen LogP contribution in [0.1, 0.15) is 52.9 Å². The van der Waals surface area contributed by atoms with E-state index in [0.717, 1.165) is 6.08 Å². The molecule has 1 heterocycles. The molecule has 7 nitrogen and oxygen atoms in total. The third-order valence-corrected chi connectivity index (χ3v) is 9.48. The normalized spacial score (nSPS) is 51.2. The minimum atomic E-state index is -2.32. The molecule has 0 radical (unpaired) electrons. The fourth-order valence-corrected chi connectivity index (χ4v) is 7.94. The summed E-state index contributed by atoms with van der Waals surface area (Å²) < 4.78 is 44.8. The van der Waals surface area contributed by atoms with E-state index >= 15 is 8.78 Å². The van der Waals surface area contributed by atoms with Gasteiger partial charge in [-0.25, -0.2) is 13.6 Å². The number of ketones is 2. The second-order valence-corrected chi connectivity index (χ2v) is 10.9. The van der Waals surface area contributed by atoms with Crippen LogP contribution < -0.4 is 0 Å². The molecular formula is C25H30F2O7. The van der Waals surface area contributed by atoms with Gasteiger partial charge < -0.3 is 19.7 Å². The number of carboxylic acid groups (broad SMARTS) is 1. The summed E-state index contributed by atoms with van der Waals surface area (Å²) >= 11 is 0. The molecule has 0 aromatic rings. The number of carboxylic acids is 1. The minimum absolute atomic E-state index is 0.00595. The monoisotopic (exact) mass is 480 g/mol. The maximum Gasteiger partial charge on any atom is 0.375 e. The Morgan fingerprint density at radius 1 is 1.24 bits per heavy atom. The van der Waals surface area contributed by atoms with Crippen LogP contribution in [0, 0.1) is 22.7 Å². The number of rotatable bonds is 4. The van der Waals surface area contributed by atoms with Gasteiger partial charge in [-0.05, 0) is 56.3 Å². The van der Waals surface area contributed by atoms with Crippen LogP contribution in [0.5, 0.6) is 0 Å². The zero-order valence-electron chi connectivity index (χ0n) is 19.4. The van der Waals surface area contributed by atoms with Gasteiger partial charge in [-0.3, -0.25) is 9.59 Å². The zero-order chi connectivity index (χ0) is 24.8. The largest absolute Gasteiger partial charge is 0.475 e. The van der Waals surface area contributed by atoms with E-state index in [1.165, 1.54) is 19.1 Å². The van der Waals surface area contributed by atoms with Crippen LogP contribution in [0.2, 0.25) is 0 Å². The third kappa shape index (κ3) is 2.58. The van der Waals surface area contributed by atoms with E-state index in [-0.39, 0.29) is 24.8 Å². The summed E-state index contributed by atoms with van der Waals surface area (Å²) in [5, 5.41) is 21.0. The number of fused-ring (bicyclic) bond motifs is 7. The number of halogens is 2. The molecule has 1 unspecified atom stereocenters. The van der Waals surface area contributed by atoms with Crippen LogP contribution in [0.15, 0.2) is 23.8 Å². The molecule has 9 heteroatoms. The lowest BCUT2D eigenvalue weighted by Gasteiger charge is -2.63. The first-order valence-corrected chi connectivity index (χ1v) is 11.9. The van der Waals surface area contributed by atoms with Gasteiger partial charge in [-0.2, -0.15) is 0 Å². The third-order valence-electron chi connectivity index (χ3n) is 9.48. The first-order chi connectivity index (χ1) is 15.9. The first-order valence-electron chi connectivity index (χ1n) is 11.9. The second kappa shape index (κ2) is 7.27. The molecule has 1 aliphatic heterocycles. The number of aliphatic hydroxyl groups is 1. The van der Waals surface area contributed by atoms with Crippen molar-refractivity contribution in [2.45, 2.75) is 88.8 Å². The molecule has 186 valence electrons. The summed E-state index contributed by atoms with van der Waals surface area (Å²) in [7, 11) is 0. The molecular weight excluding hydrogens is 450 g/mol. The predicted octanol–water partition coefficient (Wildman–Crippen LogP) is 2.85. The summed E-state index contributed by atoms with van der Waals surface area (Å²) in [6, 6.07) is 0. The molecule has 5 aliphatic rings. The maximum absolute atomic E-state index is 17.2. The Hall–Kier alpha value is -1.97. The number of carbonyl (C=O) groups excluding carboxylic acids is 2. The standard InChI is InChI=1S/C25H30F2O7/c1-4-5-19-33-18-10-13-14-9-16(26)15-8-12(28)6-7-22(15,2)24(14,27)17(29)11-23(13,3)25(18,34-19)20(30)21(31)32/h6-8,13-14,16-19,29H,4-5,9-11H2,1-3H3,(H,31,32)/t13-,14-,16-,17-,18+,19?,22-,23-,24-,25-/m0/s1. The number of hydrogen-bond donors (Lipinski definition) is 2. The van der Waals surface area contributed by atoms with Crippen LogP contribution in [0.3, 0.4) is 0 Å². The number of alkyl halides is 2. The Kier molecular flexibility index (Phi) is 5.08. The SMILES string of the molecule is CCCC1O[C@@H]2C[C@H]3[C@@H]4C[C@H](F)C5=CC(=O)C=C[C@]5(C)[C@@]4(F)[C@@H](O)C[C@]3(C)[C@]2(C(=O)C(=O)O)O1. The molecule has 0 aromatic carbocycles. The van der Waals surface area contributed by atoms with Gasteiger partial charge >= 0.3 is 5.97 Å². The Balaban J connectivity index is 1.64. The van der Waals surface area contributed by atoms with E-state index in [1.54, 1.807) is 6.92 Å². The van der Waals surface area contributed by atoms with Crippen molar-refractivity contribution in [1.82, 2.24) is 0 Å². The molecule has 5 rings (SSSR count). The Morgan fingerprint density at radius 3 is 2.59 bits per heavy atom. The van der Waals surface area contributed by atoms with Gasteiger partial charge in [-0.15, -0.1) is 0 Å². The van der Waals surface area contributed by atoms with Gasteiger partial charge in [0.15, 0.2) is 23.3 Å². The van der Waals surface area contributed by atoms with E-state index in [4.69, 9.17) is 9.47 Å². The highest BCUT2D eigenvalue weighted by molar-refractivity contribution is 6.36. The van der Waals surface area contributed by atoms with Crippen LogP contribution in [0.25, 0.3) is 0 Å². The van der Waals surface area contributed by atoms with Crippen molar-refractivity contribution in [2.24, 2.45) is 22.7 Å². The molecule has 2 N–H and O–H groups in total. The highest BCUT2D eigenvalue weighted by Gasteiger charge is 2.80. The first kappa shape index (κ1) is 23.8. The Labute approximate surface area is 196 Å². The summed E-state index contributed by atoms with van der Waals surface area (Å²) in [5.41, 5.74) is -7.06. The highest BCUT2D eigenvalue weighted by atomic mass is 19.1. The summed E-state index contributed by atoms with van der Waals surface area (Å²) in [4.78, 5) is 37.1. The van der Waals surface area contributed by atoms with Crippen molar-refractivity contribution >= 4 is 17.5 Å². The van der Waals surface area contributed by atoms with E-state index in [0.29, 0.717) is 12.8 Å². The average Bonchev–Trinajstić information content (AvgIpc) is 3.24. The fraction of sp³-hybridized carbons (Fsp3) is 0.720. The quantitative estimate of drug-likeness (QED) is 0.596. The molecule has 4 fully saturated rings. The van der Waals surface area contributed by atoms with Crippen molar-refractivity contribution in [3.05, 3.63) is 23.8 Å². The molecule has 1 saturated heterocycles. The zero-order valence-corrected chi connectivity index (χ0v) is 19.4. The van der Waals surface area contributed by atoms with Gasteiger partial charge in [0.1, 0.15) is 6.17 Å². The molecule has 0 spiro atoms. The lowest BCUT2D eigenvalue weighted by Crippen LogP contribution is -2.71. The number of Topliss-reactive ketones (excluding diaryl/α,β-unsaturated/α-hetero) is 1. The van der Waals surface area contributed by atoms with E-state index in [2.05, 4.69) is 0 Å². The van der Waals surface area contributed by atoms with Crippen LogP contribution >= 0.6 is 0 Å². The van der Waals surface area contributed by atoms with E-state index < -0.39 is 76.1 Å². The van der Waals surface area contributed by atoms with Gasteiger partial charge in [0.25, 0.3) is 5.78 Å². The molecule has 34 heavy (non-hydrogen) atoms. The Morgan fingerprint density at radius 2 is 1.94 bits per heavy atom. The molecule has 0 amide bonds. The van der Waals surface area contributed by atoms with E-state index in [1.807, 2.05) is 6.92 Å². The number of allylic oxidation sites excluding steroid dienone is 4. The molecule has 0 bridgehead atoms. The number of carbonyl (C=O) groups is 3. The van der Waals surface area contributed by atoms with Crippen molar-refractivity contribution in [3.8, 4) is 0 Å². The van der Waals surface area contributed by atoms with Crippen LogP contribution in [-0.4, -0.2) is 63.7 Å². The van der Waals surface area contributed by atoms with Gasteiger partial charge in [0.2, 0.25) is 0 Å². The average molecular weight is 481 g/mol. The Bertz CT molecular complexity index is 1020. The maximum atomic E-state index is 17.2. The molecule has 3 saturated carbocycles. The number of aliphatic carboxylic acids is 1. The van der Waals surface area contributed by atoms with Gasteiger partial charge in [0.05, 0.1) is 12.2 Å². The second-order valence-electron chi connectivity index (χ2n) is 10.9. The van der Waals surface area contributed by atoms with Crippen molar-refractivity contribution < 1.29 is 42.9 Å². The molecule has 4 aliphatic carbocycles. The summed E-state index contributed by atoms with van der Waals surface area (Å²) in [5.74, 6) is -5.02. The lowest BCUT2D eigenvalue weighted by atomic mass is 9.44. The van der Waals surface area contributed by atoms with E-state index in [9.17, 15) is 24.6 Å². The van der Waals surface area contributed by atoms with Crippen LogP contribution in [-0.2, 0) is 23.9 Å². The van der Waals surface area contributed by atoms with Crippen LogP contribution in [0.4, 0.5) is 8.78 Å². The number of aliphatic hydroxyl groups excluding tert-OH is 1. The highest BCUT2D eigenvalue weighted by Crippen LogP contribution is 2.72. The van der Waals surface area contributed by atoms with Gasteiger partial charge in [-0.1, -0.05) is 26.3 Å². The summed E-state index contributed by atoms with van der Waals surface area (Å²) in [6.07, 6.45) is -0.664. The minimum Gasteiger partial charge on any atom is -0.475 e. The number of hydrogen-bond acceptors (Lipinski definition) is 6. The van der Waals surface area contributed by atoms with Crippen molar-refractivity contribution in [1.29, 1.82) is 0 Å². The molecule has 10 atom stereocenters. The topological polar surface area (TPSA) is 110 Å². The summed E-state index contributed by atoms with van der Waals surface area (Å²) in [6.45, 7) is 5.03. The molecule has 0 aromatic heterocycles. The van der Waals surface area contributed by atoms with Crippen molar-refractivity contribution in [3.63, 3.8) is 0 Å². The van der Waals surface area contributed by atoms with Gasteiger partial charge in [0, 0.05) is 16.7 Å². The fourth-order valence-electron chi connectivity index (χ4n) is 7.94.